The number of hydrogen-bond acceptors (Lipinski definition) is 8. The maximum absolute atomic E-state index is 13.0. The third kappa shape index (κ3) is 8.88. The molecule has 2 N–H and O–H groups in total. The van der Waals surface area contributed by atoms with E-state index in [-0.39, 0.29) is 22.6 Å². The van der Waals surface area contributed by atoms with Crippen LogP contribution >= 0.6 is 0 Å². The van der Waals surface area contributed by atoms with Gasteiger partial charge in [-0.05, 0) is 98.3 Å². The van der Waals surface area contributed by atoms with Crippen LogP contribution in [0.15, 0.2) is 84.9 Å². The fourth-order valence-electron chi connectivity index (χ4n) is 8.04. The number of nitrogens with zero attached hydrogens (tertiary/aromatic N) is 6. The van der Waals surface area contributed by atoms with E-state index >= 15 is 0 Å². The van der Waals surface area contributed by atoms with E-state index in [2.05, 4.69) is 71.7 Å². The Morgan fingerprint density at radius 3 is 1.27 bits per heavy atom. The first-order valence-corrected chi connectivity index (χ1v) is 21.8. The molecule has 2 aromatic carbocycles. The van der Waals surface area contributed by atoms with Crippen LogP contribution in [0, 0.1) is 0 Å². The second kappa shape index (κ2) is 16.3. The van der Waals surface area contributed by atoms with Crippen LogP contribution in [0.3, 0.4) is 0 Å². The first kappa shape index (κ1) is 39.7. The molecule has 0 radical (unpaired) electrons. The Kier molecular flexibility index (Phi) is 10.8. The van der Waals surface area contributed by atoms with Gasteiger partial charge in [-0.25, -0.2) is 9.97 Å². The SMILES string of the molecule is CC(C)(CC(=O)Nc1nc2ccc(OC3CC3)nc2n1C1CCC1)c1ccccc1.CC(C)(CC(=O)Nc1nc2ccc(OC3CC3)nc2n1C1CCC1)c1ccccc1. The Morgan fingerprint density at radius 2 is 0.933 bits per heavy atom. The monoisotopic (exact) mass is 808 g/mol. The first-order valence-electron chi connectivity index (χ1n) is 21.8. The van der Waals surface area contributed by atoms with Gasteiger partial charge in [0.1, 0.15) is 23.2 Å². The summed E-state index contributed by atoms with van der Waals surface area (Å²) >= 11 is 0. The minimum atomic E-state index is -0.262. The number of pyridine rings is 2. The van der Waals surface area contributed by atoms with Crippen molar-refractivity contribution in [1.82, 2.24) is 29.1 Å². The molecule has 0 saturated heterocycles. The third-order valence-electron chi connectivity index (χ3n) is 12.3. The van der Waals surface area contributed by atoms with Crippen LogP contribution in [0.25, 0.3) is 22.3 Å². The molecule has 2 amide bonds. The lowest BCUT2D eigenvalue weighted by Crippen LogP contribution is -2.28. The molecule has 4 aliphatic carbocycles. The number of aromatic nitrogens is 6. The number of carbonyl (C=O) groups is 2. The molecule has 12 nitrogen and oxygen atoms in total. The molecule has 12 heteroatoms. The number of amides is 2. The molecule has 4 aliphatic rings. The van der Waals surface area contributed by atoms with Crippen LogP contribution in [0.4, 0.5) is 11.9 Å². The van der Waals surface area contributed by atoms with Crippen LogP contribution in [0.2, 0.25) is 0 Å². The summed E-state index contributed by atoms with van der Waals surface area (Å²) in [7, 11) is 0. The summed E-state index contributed by atoms with van der Waals surface area (Å²) in [6.45, 7) is 8.39. The second-order valence-electron chi connectivity index (χ2n) is 18.3. The predicted molar refractivity (Wildman–Crippen MR) is 234 cm³/mol. The molecule has 10 rings (SSSR count). The van der Waals surface area contributed by atoms with E-state index in [9.17, 15) is 9.59 Å². The van der Waals surface area contributed by atoms with Crippen molar-refractivity contribution in [3.8, 4) is 11.8 Å². The summed E-state index contributed by atoms with van der Waals surface area (Å²) in [6, 6.07) is 28.6. The molecule has 312 valence electrons. The van der Waals surface area contributed by atoms with Crippen LogP contribution in [-0.2, 0) is 20.4 Å². The first-order chi connectivity index (χ1) is 29.0. The topological polar surface area (TPSA) is 138 Å². The molecule has 0 aliphatic heterocycles. The maximum atomic E-state index is 13.0. The van der Waals surface area contributed by atoms with Crippen LogP contribution in [0.1, 0.15) is 128 Å². The quantitative estimate of drug-likeness (QED) is 0.111. The van der Waals surface area contributed by atoms with Crippen molar-refractivity contribution in [2.24, 2.45) is 0 Å². The summed E-state index contributed by atoms with van der Waals surface area (Å²) in [6.07, 6.45) is 12.5. The number of hydrogen-bond donors (Lipinski definition) is 2. The molecule has 60 heavy (non-hydrogen) atoms. The Labute approximate surface area is 351 Å². The third-order valence-corrected chi connectivity index (χ3v) is 12.3. The zero-order valence-corrected chi connectivity index (χ0v) is 35.2. The summed E-state index contributed by atoms with van der Waals surface area (Å²) < 4.78 is 16.0. The summed E-state index contributed by atoms with van der Waals surface area (Å²) in [4.78, 5) is 44.8. The van der Waals surface area contributed by atoms with Crippen molar-refractivity contribution in [3.05, 3.63) is 96.1 Å². The highest BCUT2D eigenvalue weighted by Gasteiger charge is 2.32. The lowest BCUT2D eigenvalue weighted by atomic mass is 9.81. The molecule has 0 unspecified atom stereocenters. The highest BCUT2D eigenvalue weighted by molar-refractivity contribution is 5.93. The minimum Gasteiger partial charge on any atom is -0.474 e. The number of nitrogens with one attached hydrogen (secondary N) is 2. The summed E-state index contributed by atoms with van der Waals surface area (Å²) in [5.74, 6) is 2.42. The van der Waals surface area contributed by atoms with E-state index in [1.807, 2.05) is 60.7 Å². The van der Waals surface area contributed by atoms with Crippen LogP contribution < -0.4 is 20.1 Å². The van der Waals surface area contributed by atoms with Gasteiger partial charge in [0.2, 0.25) is 35.5 Å². The number of anilines is 2. The van der Waals surface area contributed by atoms with Crippen molar-refractivity contribution in [2.45, 2.75) is 140 Å². The molecule has 4 fully saturated rings. The van der Waals surface area contributed by atoms with Gasteiger partial charge in [-0.1, -0.05) is 88.4 Å². The highest BCUT2D eigenvalue weighted by Crippen LogP contribution is 2.40. The number of carbonyl (C=O) groups excluding carboxylic acids is 2. The van der Waals surface area contributed by atoms with Crippen molar-refractivity contribution < 1.29 is 19.1 Å². The number of imidazole rings is 2. The molecule has 4 heterocycles. The van der Waals surface area contributed by atoms with E-state index in [1.54, 1.807) is 0 Å². The molecule has 4 saturated carbocycles. The molecule has 0 atom stereocenters. The molecule has 6 aromatic rings. The number of rotatable bonds is 14. The van der Waals surface area contributed by atoms with E-state index in [1.165, 1.54) is 12.8 Å². The molecule has 0 bridgehead atoms. The molecular weight excluding hydrogens is 753 g/mol. The zero-order chi connectivity index (χ0) is 41.4. The average molecular weight is 809 g/mol. The fraction of sp³-hybridized carbons (Fsp3) is 0.458. The lowest BCUT2D eigenvalue weighted by molar-refractivity contribution is -0.118. The van der Waals surface area contributed by atoms with Crippen molar-refractivity contribution in [1.29, 1.82) is 0 Å². The largest absolute Gasteiger partial charge is 0.474 e. The summed E-state index contributed by atoms with van der Waals surface area (Å²) in [5.41, 5.74) is 4.97. The summed E-state index contributed by atoms with van der Waals surface area (Å²) in [5, 5.41) is 6.16. The van der Waals surface area contributed by atoms with Crippen molar-refractivity contribution in [3.63, 3.8) is 0 Å². The minimum absolute atomic E-state index is 0.0332. The van der Waals surface area contributed by atoms with Gasteiger partial charge in [-0.2, -0.15) is 9.97 Å². The predicted octanol–water partition coefficient (Wildman–Crippen LogP) is 10.0. The Morgan fingerprint density at radius 1 is 0.550 bits per heavy atom. The molecule has 4 aromatic heterocycles. The van der Waals surface area contributed by atoms with Crippen LogP contribution in [-0.4, -0.2) is 53.1 Å². The van der Waals surface area contributed by atoms with Crippen molar-refractivity contribution >= 4 is 46.0 Å². The van der Waals surface area contributed by atoms with E-state index in [0.717, 1.165) is 84.8 Å². The fourth-order valence-corrected chi connectivity index (χ4v) is 8.04. The van der Waals surface area contributed by atoms with Gasteiger partial charge in [0, 0.05) is 37.1 Å². The second-order valence-corrected chi connectivity index (χ2v) is 18.3. The normalized spacial score (nSPS) is 17.0. The molecule has 0 spiro atoms. The van der Waals surface area contributed by atoms with Gasteiger partial charge in [0.15, 0.2) is 11.3 Å². The Bertz CT molecular complexity index is 2300. The average Bonchev–Trinajstić information content (AvgIpc) is 4.12. The zero-order valence-electron chi connectivity index (χ0n) is 35.2. The standard InChI is InChI=1S/2C24H28N4O2/c2*1-24(2,16-7-4-3-5-8-16)15-20(29)26-23-25-19-13-14-21(30-18-11-12-18)27-22(19)28(23)17-9-6-10-17/h2*3-5,7-8,13-14,17-18H,6,9-12,15H2,1-2H3,(H,25,26,29). The van der Waals surface area contributed by atoms with Gasteiger partial charge < -0.3 is 9.47 Å². The Hall–Kier alpha value is -5.78. The van der Waals surface area contributed by atoms with E-state index < -0.39 is 0 Å². The van der Waals surface area contributed by atoms with Gasteiger partial charge in [0.05, 0.1) is 0 Å². The molecular formula is C48H56N8O4. The number of fused-ring (bicyclic) bond motifs is 2. The number of ether oxygens (including phenoxy) is 2. The van der Waals surface area contributed by atoms with E-state index in [0.29, 0.717) is 60.8 Å². The Balaban J connectivity index is 0.000000154. The van der Waals surface area contributed by atoms with E-state index in [4.69, 9.17) is 29.4 Å². The van der Waals surface area contributed by atoms with Crippen molar-refractivity contribution in [2.75, 3.05) is 10.6 Å². The highest BCUT2D eigenvalue weighted by atomic mass is 16.5. The van der Waals surface area contributed by atoms with Crippen LogP contribution in [0.5, 0.6) is 11.8 Å². The maximum Gasteiger partial charge on any atom is 0.227 e. The smallest absolute Gasteiger partial charge is 0.227 e. The van der Waals surface area contributed by atoms with Gasteiger partial charge in [0.25, 0.3) is 0 Å². The number of benzene rings is 2. The lowest BCUT2D eigenvalue weighted by Gasteiger charge is -2.29. The van der Waals surface area contributed by atoms with Gasteiger partial charge >= 0.3 is 0 Å². The van der Waals surface area contributed by atoms with Gasteiger partial charge in [-0.3, -0.25) is 29.4 Å². The van der Waals surface area contributed by atoms with Gasteiger partial charge in [-0.15, -0.1) is 0 Å².